The number of aromatic nitrogens is 1. The summed E-state index contributed by atoms with van der Waals surface area (Å²) in [4.78, 5) is 6.90. The first kappa shape index (κ1) is 17.6. The predicted octanol–water partition coefficient (Wildman–Crippen LogP) is 2.26. The van der Waals surface area contributed by atoms with Gasteiger partial charge in [-0.3, -0.25) is 0 Å². The van der Waals surface area contributed by atoms with E-state index in [1.807, 2.05) is 13.0 Å². The summed E-state index contributed by atoms with van der Waals surface area (Å²) in [6.45, 7) is 5.72. The van der Waals surface area contributed by atoms with Crippen LogP contribution in [-0.4, -0.2) is 56.6 Å². The summed E-state index contributed by atoms with van der Waals surface area (Å²) in [5.41, 5.74) is 0. The lowest BCUT2D eigenvalue weighted by Crippen LogP contribution is -2.40. The molecule has 0 bridgehead atoms. The van der Waals surface area contributed by atoms with Crippen molar-refractivity contribution in [3.8, 4) is 0 Å². The maximum atomic E-state index is 12.7. The van der Waals surface area contributed by atoms with Crippen molar-refractivity contribution in [2.45, 2.75) is 50.0 Å². The third-order valence-electron chi connectivity index (χ3n) is 4.78. The molecule has 134 valence electrons. The van der Waals surface area contributed by atoms with Crippen molar-refractivity contribution >= 4 is 15.8 Å². The summed E-state index contributed by atoms with van der Waals surface area (Å²) in [6, 6.07) is 3.52. The van der Waals surface area contributed by atoms with Gasteiger partial charge in [0.15, 0.2) is 0 Å². The highest BCUT2D eigenvalue weighted by molar-refractivity contribution is 7.89. The lowest BCUT2D eigenvalue weighted by Gasteiger charge is -2.33. The van der Waals surface area contributed by atoms with Crippen molar-refractivity contribution in [1.29, 1.82) is 0 Å². The predicted molar refractivity (Wildman–Crippen MR) is 93.7 cm³/mol. The zero-order chi connectivity index (χ0) is 17.0. The van der Waals surface area contributed by atoms with Crippen LogP contribution in [0.2, 0.25) is 0 Å². The van der Waals surface area contributed by atoms with Gasteiger partial charge in [-0.25, -0.2) is 13.4 Å². The van der Waals surface area contributed by atoms with Gasteiger partial charge in [0, 0.05) is 39.0 Å². The summed E-state index contributed by atoms with van der Waals surface area (Å²) < 4.78 is 32.6. The molecule has 1 unspecified atom stereocenters. The Kier molecular flexibility index (Phi) is 5.73. The quantitative estimate of drug-likeness (QED) is 0.812. The Balaban J connectivity index is 1.70. The number of ether oxygens (including phenoxy) is 1. The van der Waals surface area contributed by atoms with Crippen molar-refractivity contribution in [3.05, 3.63) is 18.3 Å². The smallest absolute Gasteiger partial charge is 0.244 e. The first-order valence-electron chi connectivity index (χ1n) is 8.94. The second-order valence-electron chi connectivity index (χ2n) is 6.48. The number of rotatable bonds is 5. The molecule has 3 rings (SSSR count). The molecule has 7 heteroatoms. The minimum absolute atomic E-state index is 0.238. The van der Waals surface area contributed by atoms with E-state index in [9.17, 15) is 8.42 Å². The van der Waals surface area contributed by atoms with Crippen LogP contribution >= 0.6 is 0 Å². The SMILES string of the molecule is CCOC1CCCN(c2ccc(S(=O)(=O)N3CCCCC3)cn2)C1. The third kappa shape index (κ3) is 3.90. The monoisotopic (exact) mass is 353 g/mol. The van der Waals surface area contributed by atoms with E-state index in [1.54, 1.807) is 10.4 Å². The number of hydrogen-bond acceptors (Lipinski definition) is 5. The van der Waals surface area contributed by atoms with E-state index in [-0.39, 0.29) is 6.10 Å². The highest BCUT2D eigenvalue weighted by Gasteiger charge is 2.27. The highest BCUT2D eigenvalue weighted by Crippen LogP contribution is 2.23. The van der Waals surface area contributed by atoms with Crippen molar-refractivity contribution in [2.24, 2.45) is 0 Å². The fraction of sp³-hybridized carbons (Fsp3) is 0.706. The molecule has 0 radical (unpaired) electrons. The number of hydrogen-bond donors (Lipinski definition) is 0. The third-order valence-corrected chi connectivity index (χ3v) is 6.66. The molecule has 0 N–H and O–H groups in total. The van der Waals surface area contributed by atoms with E-state index in [0.29, 0.717) is 18.0 Å². The Morgan fingerprint density at radius 1 is 1.17 bits per heavy atom. The van der Waals surface area contributed by atoms with Gasteiger partial charge in [-0.2, -0.15) is 4.31 Å². The van der Waals surface area contributed by atoms with Crippen molar-refractivity contribution in [3.63, 3.8) is 0 Å². The van der Waals surface area contributed by atoms with Crippen LogP contribution in [0.5, 0.6) is 0 Å². The van der Waals surface area contributed by atoms with Gasteiger partial charge in [-0.05, 0) is 44.7 Å². The van der Waals surface area contributed by atoms with Gasteiger partial charge in [0.2, 0.25) is 10.0 Å². The van der Waals surface area contributed by atoms with Crippen molar-refractivity contribution in [1.82, 2.24) is 9.29 Å². The summed E-state index contributed by atoms with van der Waals surface area (Å²) in [5.74, 6) is 0.831. The van der Waals surface area contributed by atoms with Gasteiger partial charge < -0.3 is 9.64 Å². The molecule has 1 aromatic rings. The van der Waals surface area contributed by atoms with Crippen LogP contribution < -0.4 is 4.90 Å². The number of nitrogens with zero attached hydrogens (tertiary/aromatic N) is 3. The molecule has 3 heterocycles. The molecule has 2 aliphatic rings. The summed E-state index contributed by atoms with van der Waals surface area (Å²) in [6.07, 6.45) is 6.88. The van der Waals surface area contributed by atoms with Gasteiger partial charge in [-0.15, -0.1) is 0 Å². The zero-order valence-electron chi connectivity index (χ0n) is 14.4. The molecule has 24 heavy (non-hydrogen) atoms. The first-order valence-corrected chi connectivity index (χ1v) is 10.4. The van der Waals surface area contributed by atoms with Gasteiger partial charge in [0.1, 0.15) is 10.7 Å². The molecule has 1 aromatic heterocycles. The zero-order valence-corrected chi connectivity index (χ0v) is 15.2. The second kappa shape index (κ2) is 7.80. The average Bonchev–Trinajstić information content (AvgIpc) is 2.63. The molecular formula is C17H27N3O3S. The molecule has 0 aliphatic carbocycles. The standard InChI is InChI=1S/C17H27N3O3S/c1-2-23-15-7-6-10-19(14-15)17-9-8-16(13-18-17)24(21,22)20-11-4-3-5-12-20/h8-9,13,15H,2-7,10-12,14H2,1H3. The Morgan fingerprint density at radius 3 is 2.62 bits per heavy atom. The van der Waals surface area contributed by atoms with Gasteiger partial charge in [0.25, 0.3) is 0 Å². The lowest BCUT2D eigenvalue weighted by atomic mass is 10.1. The van der Waals surface area contributed by atoms with Crippen LogP contribution in [0, 0.1) is 0 Å². The van der Waals surface area contributed by atoms with Crippen LogP contribution in [0.3, 0.4) is 0 Å². The minimum atomic E-state index is -3.40. The van der Waals surface area contributed by atoms with Crippen LogP contribution in [0.4, 0.5) is 5.82 Å². The van der Waals surface area contributed by atoms with E-state index in [4.69, 9.17) is 4.74 Å². The Labute approximate surface area is 144 Å². The fourth-order valence-corrected chi connectivity index (χ4v) is 4.95. The van der Waals surface area contributed by atoms with E-state index >= 15 is 0 Å². The maximum absolute atomic E-state index is 12.7. The molecule has 6 nitrogen and oxygen atoms in total. The average molecular weight is 353 g/mol. The molecule has 2 fully saturated rings. The maximum Gasteiger partial charge on any atom is 0.244 e. The van der Waals surface area contributed by atoms with E-state index < -0.39 is 10.0 Å². The number of sulfonamides is 1. The number of piperidine rings is 2. The van der Waals surface area contributed by atoms with E-state index in [2.05, 4.69) is 9.88 Å². The molecule has 2 aliphatic heterocycles. The highest BCUT2D eigenvalue weighted by atomic mass is 32.2. The van der Waals surface area contributed by atoms with Crippen LogP contribution in [0.1, 0.15) is 39.0 Å². The second-order valence-corrected chi connectivity index (χ2v) is 8.42. The van der Waals surface area contributed by atoms with Gasteiger partial charge in [-0.1, -0.05) is 6.42 Å². The molecule has 1 atom stereocenters. The summed E-state index contributed by atoms with van der Waals surface area (Å²) in [5, 5.41) is 0. The molecule has 0 aromatic carbocycles. The Bertz CT molecular complexity index is 625. The lowest BCUT2D eigenvalue weighted by molar-refractivity contribution is 0.0525. The molecule has 0 spiro atoms. The van der Waals surface area contributed by atoms with Crippen LogP contribution in [0.15, 0.2) is 23.2 Å². The topological polar surface area (TPSA) is 62.7 Å². The van der Waals surface area contributed by atoms with Gasteiger partial charge >= 0.3 is 0 Å². The Morgan fingerprint density at radius 2 is 1.96 bits per heavy atom. The molecular weight excluding hydrogens is 326 g/mol. The van der Waals surface area contributed by atoms with E-state index in [0.717, 1.165) is 57.6 Å². The Hall–Kier alpha value is -1.18. The number of pyridine rings is 1. The fourth-order valence-electron chi connectivity index (χ4n) is 3.48. The largest absolute Gasteiger partial charge is 0.377 e. The van der Waals surface area contributed by atoms with Crippen LogP contribution in [-0.2, 0) is 14.8 Å². The van der Waals surface area contributed by atoms with Crippen LogP contribution in [0.25, 0.3) is 0 Å². The normalized spacial score (nSPS) is 23.4. The first-order chi connectivity index (χ1) is 11.6. The van der Waals surface area contributed by atoms with Crippen molar-refractivity contribution in [2.75, 3.05) is 37.7 Å². The van der Waals surface area contributed by atoms with Crippen molar-refractivity contribution < 1.29 is 13.2 Å². The molecule has 0 saturated carbocycles. The summed E-state index contributed by atoms with van der Waals surface area (Å²) in [7, 11) is -3.40. The van der Waals surface area contributed by atoms with Gasteiger partial charge in [0.05, 0.1) is 6.10 Å². The van der Waals surface area contributed by atoms with E-state index in [1.165, 1.54) is 6.20 Å². The minimum Gasteiger partial charge on any atom is -0.377 e. The number of anilines is 1. The summed E-state index contributed by atoms with van der Waals surface area (Å²) >= 11 is 0. The molecule has 2 saturated heterocycles. The molecule has 0 amide bonds.